The maximum atomic E-state index is 9.45. The Morgan fingerprint density at radius 1 is 1.42 bits per heavy atom. The van der Waals surface area contributed by atoms with Crippen LogP contribution in [0.2, 0.25) is 0 Å². The predicted octanol–water partition coefficient (Wildman–Crippen LogP) is 1.91. The van der Waals surface area contributed by atoms with Crippen molar-refractivity contribution in [1.82, 2.24) is 10.2 Å². The molecule has 3 unspecified atom stereocenters. The summed E-state index contributed by atoms with van der Waals surface area (Å²) in [5.41, 5.74) is -0.288. The summed E-state index contributed by atoms with van der Waals surface area (Å²) < 4.78 is 5.75. The number of nitrogens with zero attached hydrogens (tertiary/aromatic N) is 2. The molecule has 1 saturated carbocycles. The Kier molecular flexibility index (Phi) is 5.20. The predicted molar refractivity (Wildman–Crippen MR) is 75.9 cm³/mol. The van der Waals surface area contributed by atoms with E-state index in [0.29, 0.717) is 12.1 Å². The fourth-order valence-electron chi connectivity index (χ4n) is 3.56. The first-order valence-electron chi connectivity index (χ1n) is 7.75. The van der Waals surface area contributed by atoms with E-state index in [2.05, 4.69) is 30.1 Å². The van der Waals surface area contributed by atoms with Gasteiger partial charge in [-0.25, -0.2) is 0 Å². The Bertz CT molecular complexity index is 322. The van der Waals surface area contributed by atoms with E-state index in [0.717, 1.165) is 45.5 Å². The van der Waals surface area contributed by atoms with E-state index in [-0.39, 0.29) is 5.54 Å². The van der Waals surface area contributed by atoms with Crippen LogP contribution in [0.3, 0.4) is 0 Å². The van der Waals surface area contributed by atoms with Crippen LogP contribution in [0.1, 0.15) is 46.0 Å². The zero-order valence-corrected chi connectivity index (χ0v) is 12.3. The van der Waals surface area contributed by atoms with Crippen LogP contribution >= 0.6 is 0 Å². The summed E-state index contributed by atoms with van der Waals surface area (Å²) in [4.78, 5) is 2.52. The largest absolute Gasteiger partial charge is 0.377 e. The average Bonchev–Trinajstić information content (AvgIpc) is 3.06. The molecule has 0 amide bonds. The lowest BCUT2D eigenvalue weighted by atomic mass is 9.99. The Labute approximate surface area is 117 Å². The Hall–Kier alpha value is -0.630. The molecule has 4 heteroatoms. The molecule has 0 aromatic carbocycles. The van der Waals surface area contributed by atoms with Crippen LogP contribution < -0.4 is 5.32 Å². The molecule has 2 fully saturated rings. The number of hydrogen-bond acceptors (Lipinski definition) is 4. The molecule has 1 N–H and O–H groups in total. The lowest BCUT2D eigenvalue weighted by molar-refractivity contribution is 0.0591. The molecule has 4 nitrogen and oxygen atoms in total. The van der Waals surface area contributed by atoms with Crippen LogP contribution in [0.25, 0.3) is 0 Å². The summed E-state index contributed by atoms with van der Waals surface area (Å²) >= 11 is 0. The van der Waals surface area contributed by atoms with E-state index >= 15 is 0 Å². The maximum absolute atomic E-state index is 9.45. The highest BCUT2D eigenvalue weighted by Crippen LogP contribution is 2.33. The Morgan fingerprint density at radius 2 is 2.26 bits per heavy atom. The quantitative estimate of drug-likeness (QED) is 0.797. The molecule has 0 spiro atoms. The zero-order chi connectivity index (χ0) is 13.7. The van der Waals surface area contributed by atoms with Gasteiger partial charge in [0.05, 0.1) is 12.2 Å². The van der Waals surface area contributed by atoms with Gasteiger partial charge in [-0.2, -0.15) is 5.26 Å². The molecule has 0 bridgehead atoms. The number of nitrogens with one attached hydrogen (secondary N) is 1. The van der Waals surface area contributed by atoms with Crippen molar-refractivity contribution < 1.29 is 4.74 Å². The van der Waals surface area contributed by atoms with Crippen LogP contribution in [-0.4, -0.2) is 48.8 Å². The summed E-state index contributed by atoms with van der Waals surface area (Å²) in [6.07, 6.45) is 5.87. The van der Waals surface area contributed by atoms with Crippen molar-refractivity contribution in [3.63, 3.8) is 0 Å². The van der Waals surface area contributed by atoms with E-state index in [1.807, 2.05) is 0 Å². The molecule has 1 heterocycles. The smallest absolute Gasteiger partial charge is 0.108 e. The number of rotatable bonds is 6. The van der Waals surface area contributed by atoms with Crippen molar-refractivity contribution in [2.24, 2.45) is 0 Å². The molecule has 2 rings (SSSR count). The van der Waals surface area contributed by atoms with Crippen molar-refractivity contribution >= 4 is 0 Å². The molecule has 0 aromatic rings. The van der Waals surface area contributed by atoms with Crippen LogP contribution in [0.4, 0.5) is 0 Å². The standard InChI is InChI=1S/C15H27N3O/c1-3-17-15(12-16)8-7-13(10-15)18(4-2)11-14-6-5-9-19-14/h13-14,17H,3-11H2,1-2H3. The highest BCUT2D eigenvalue weighted by molar-refractivity contribution is 5.13. The van der Waals surface area contributed by atoms with Gasteiger partial charge in [0, 0.05) is 19.2 Å². The fourth-order valence-corrected chi connectivity index (χ4v) is 3.56. The monoisotopic (exact) mass is 265 g/mol. The minimum absolute atomic E-state index is 0.288. The minimum atomic E-state index is -0.288. The van der Waals surface area contributed by atoms with Crippen molar-refractivity contribution in [2.45, 2.75) is 63.6 Å². The van der Waals surface area contributed by atoms with Gasteiger partial charge in [0.1, 0.15) is 5.54 Å². The van der Waals surface area contributed by atoms with Gasteiger partial charge in [-0.05, 0) is 45.2 Å². The third-order valence-electron chi connectivity index (χ3n) is 4.60. The van der Waals surface area contributed by atoms with Crippen LogP contribution in [0.15, 0.2) is 0 Å². The number of hydrogen-bond donors (Lipinski definition) is 1. The van der Waals surface area contributed by atoms with Gasteiger partial charge in [-0.15, -0.1) is 0 Å². The molecule has 0 radical (unpaired) electrons. The third-order valence-corrected chi connectivity index (χ3v) is 4.60. The Morgan fingerprint density at radius 3 is 2.84 bits per heavy atom. The minimum Gasteiger partial charge on any atom is -0.377 e. The molecule has 2 aliphatic rings. The van der Waals surface area contributed by atoms with Crippen LogP contribution in [-0.2, 0) is 4.74 Å². The molecule has 1 saturated heterocycles. The first-order chi connectivity index (χ1) is 9.23. The van der Waals surface area contributed by atoms with Gasteiger partial charge in [-0.1, -0.05) is 13.8 Å². The highest BCUT2D eigenvalue weighted by Gasteiger charge is 2.41. The normalized spacial score (nSPS) is 34.8. The molecule has 19 heavy (non-hydrogen) atoms. The third kappa shape index (κ3) is 3.47. The van der Waals surface area contributed by atoms with E-state index < -0.39 is 0 Å². The summed E-state index contributed by atoms with van der Waals surface area (Å²) in [5.74, 6) is 0. The second-order valence-electron chi connectivity index (χ2n) is 5.84. The summed E-state index contributed by atoms with van der Waals surface area (Å²) in [5, 5.41) is 12.8. The number of nitriles is 1. The highest BCUT2D eigenvalue weighted by atomic mass is 16.5. The van der Waals surface area contributed by atoms with E-state index in [1.165, 1.54) is 12.8 Å². The first-order valence-corrected chi connectivity index (χ1v) is 7.75. The number of likely N-dealkylation sites (N-methyl/N-ethyl adjacent to an activating group) is 1. The molecule has 0 aromatic heterocycles. The summed E-state index contributed by atoms with van der Waals surface area (Å²) in [6.45, 7) is 8.18. The van der Waals surface area contributed by atoms with Gasteiger partial charge in [-0.3, -0.25) is 10.2 Å². The second-order valence-corrected chi connectivity index (χ2v) is 5.84. The van der Waals surface area contributed by atoms with Gasteiger partial charge in [0.15, 0.2) is 0 Å². The zero-order valence-electron chi connectivity index (χ0n) is 12.3. The summed E-state index contributed by atoms with van der Waals surface area (Å²) in [7, 11) is 0. The molecular weight excluding hydrogens is 238 g/mol. The van der Waals surface area contributed by atoms with Crippen molar-refractivity contribution in [3.8, 4) is 6.07 Å². The van der Waals surface area contributed by atoms with Crippen LogP contribution in [0, 0.1) is 11.3 Å². The van der Waals surface area contributed by atoms with Crippen molar-refractivity contribution in [1.29, 1.82) is 5.26 Å². The van der Waals surface area contributed by atoms with E-state index in [4.69, 9.17) is 4.74 Å². The first kappa shape index (κ1) is 14.8. The van der Waals surface area contributed by atoms with Gasteiger partial charge < -0.3 is 4.74 Å². The average molecular weight is 265 g/mol. The van der Waals surface area contributed by atoms with Crippen LogP contribution in [0.5, 0.6) is 0 Å². The molecule has 1 aliphatic carbocycles. The van der Waals surface area contributed by atoms with Gasteiger partial charge in [0.2, 0.25) is 0 Å². The fraction of sp³-hybridized carbons (Fsp3) is 0.933. The summed E-state index contributed by atoms with van der Waals surface area (Å²) in [6, 6.07) is 3.05. The maximum Gasteiger partial charge on any atom is 0.108 e. The topological polar surface area (TPSA) is 48.3 Å². The van der Waals surface area contributed by atoms with Gasteiger partial charge >= 0.3 is 0 Å². The second kappa shape index (κ2) is 6.69. The lowest BCUT2D eigenvalue weighted by Gasteiger charge is -2.31. The van der Waals surface area contributed by atoms with Crippen molar-refractivity contribution in [2.75, 3.05) is 26.2 Å². The molecule has 1 aliphatic heterocycles. The lowest BCUT2D eigenvalue weighted by Crippen LogP contribution is -2.45. The SMILES string of the molecule is CCNC1(C#N)CCC(N(CC)CC2CCCO2)C1. The Balaban J connectivity index is 1.91. The molecular formula is C15H27N3O. The van der Waals surface area contributed by atoms with E-state index in [9.17, 15) is 5.26 Å². The van der Waals surface area contributed by atoms with Crippen molar-refractivity contribution in [3.05, 3.63) is 0 Å². The van der Waals surface area contributed by atoms with E-state index in [1.54, 1.807) is 0 Å². The molecule has 3 atom stereocenters. The molecule has 108 valence electrons. The number of ether oxygens (including phenoxy) is 1. The van der Waals surface area contributed by atoms with Gasteiger partial charge in [0.25, 0.3) is 0 Å².